The van der Waals surface area contributed by atoms with E-state index in [2.05, 4.69) is 0 Å². The van der Waals surface area contributed by atoms with E-state index in [1.165, 1.54) is 6.42 Å². The van der Waals surface area contributed by atoms with Crippen LogP contribution in [0.2, 0.25) is 0 Å². The van der Waals surface area contributed by atoms with E-state index in [0.717, 1.165) is 42.2 Å². The molecular weight excluding hydrogens is 264 g/mol. The predicted octanol–water partition coefficient (Wildman–Crippen LogP) is 4.33. The van der Waals surface area contributed by atoms with Gasteiger partial charge in [0.15, 0.2) is 0 Å². The van der Waals surface area contributed by atoms with Gasteiger partial charge in [0.25, 0.3) is 0 Å². The average Bonchev–Trinajstić information content (AvgIpc) is 2.55. The van der Waals surface area contributed by atoms with E-state index in [-0.39, 0.29) is 11.9 Å². The fourth-order valence-corrected chi connectivity index (χ4v) is 2.93. The fraction of sp³-hybridized carbons (Fsp3) is 0.389. The zero-order valence-corrected chi connectivity index (χ0v) is 12.3. The molecule has 0 spiro atoms. The summed E-state index contributed by atoms with van der Waals surface area (Å²) in [6.07, 6.45) is 5.43. The number of rotatable bonds is 3. The van der Waals surface area contributed by atoms with E-state index in [9.17, 15) is 4.79 Å². The summed E-state index contributed by atoms with van der Waals surface area (Å²) >= 11 is 0. The molecule has 0 radical (unpaired) electrons. The molecule has 1 aliphatic rings. The number of hydrogen-bond acceptors (Lipinski definition) is 3. The lowest BCUT2D eigenvalue weighted by Gasteiger charge is -2.19. The molecule has 3 rings (SSSR count). The highest BCUT2D eigenvalue weighted by Gasteiger charge is 2.22. The zero-order chi connectivity index (χ0) is 14.7. The van der Waals surface area contributed by atoms with Gasteiger partial charge in [-0.05, 0) is 47.9 Å². The van der Waals surface area contributed by atoms with Gasteiger partial charge in [-0.3, -0.25) is 4.79 Å². The summed E-state index contributed by atoms with van der Waals surface area (Å²) in [6.45, 7) is 0. The molecule has 0 atom stereocenters. The zero-order valence-electron chi connectivity index (χ0n) is 12.3. The van der Waals surface area contributed by atoms with Crippen molar-refractivity contribution in [3.63, 3.8) is 0 Å². The number of ether oxygens (including phenoxy) is 2. The molecule has 2 aromatic carbocycles. The SMILES string of the molecule is COc1ccc2cc(OC(=O)C3CCCCC3)ccc2c1. The Morgan fingerprint density at radius 1 is 0.952 bits per heavy atom. The maximum atomic E-state index is 12.2. The van der Waals surface area contributed by atoms with Crippen LogP contribution in [0.4, 0.5) is 0 Å². The van der Waals surface area contributed by atoms with E-state index in [1.54, 1.807) is 7.11 Å². The van der Waals surface area contributed by atoms with Gasteiger partial charge in [0.1, 0.15) is 11.5 Å². The largest absolute Gasteiger partial charge is 0.497 e. The van der Waals surface area contributed by atoms with Crippen molar-refractivity contribution < 1.29 is 14.3 Å². The van der Waals surface area contributed by atoms with E-state index >= 15 is 0 Å². The highest BCUT2D eigenvalue weighted by atomic mass is 16.5. The minimum absolute atomic E-state index is 0.0744. The minimum Gasteiger partial charge on any atom is -0.497 e. The molecule has 2 aromatic rings. The first kappa shape index (κ1) is 13.9. The number of carbonyl (C=O) groups is 1. The number of hydrogen-bond donors (Lipinski definition) is 0. The molecule has 0 aliphatic heterocycles. The van der Waals surface area contributed by atoms with Crippen LogP contribution in [-0.4, -0.2) is 13.1 Å². The number of methoxy groups -OCH3 is 1. The van der Waals surface area contributed by atoms with Crippen molar-refractivity contribution in [2.75, 3.05) is 7.11 Å². The van der Waals surface area contributed by atoms with Crippen LogP contribution in [-0.2, 0) is 4.79 Å². The maximum absolute atomic E-state index is 12.2. The lowest BCUT2D eigenvalue weighted by molar-refractivity contribution is -0.139. The Hall–Kier alpha value is -2.03. The second-order valence-electron chi connectivity index (χ2n) is 5.63. The van der Waals surface area contributed by atoms with E-state index in [0.29, 0.717) is 5.75 Å². The molecule has 1 fully saturated rings. The maximum Gasteiger partial charge on any atom is 0.314 e. The van der Waals surface area contributed by atoms with Gasteiger partial charge in [-0.15, -0.1) is 0 Å². The van der Waals surface area contributed by atoms with Crippen molar-refractivity contribution in [2.24, 2.45) is 5.92 Å². The lowest BCUT2D eigenvalue weighted by Crippen LogP contribution is -2.22. The van der Waals surface area contributed by atoms with E-state index in [1.807, 2.05) is 36.4 Å². The van der Waals surface area contributed by atoms with Crippen LogP contribution in [0.1, 0.15) is 32.1 Å². The van der Waals surface area contributed by atoms with Gasteiger partial charge < -0.3 is 9.47 Å². The van der Waals surface area contributed by atoms with Crippen molar-refractivity contribution in [2.45, 2.75) is 32.1 Å². The molecule has 110 valence electrons. The first-order chi connectivity index (χ1) is 10.3. The number of carbonyl (C=O) groups excluding carboxylic acids is 1. The molecule has 0 aromatic heterocycles. The summed E-state index contributed by atoms with van der Waals surface area (Å²) in [5.41, 5.74) is 0. The average molecular weight is 284 g/mol. The molecule has 21 heavy (non-hydrogen) atoms. The smallest absolute Gasteiger partial charge is 0.314 e. The van der Waals surface area contributed by atoms with Crippen molar-refractivity contribution in [1.29, 1.82) is 0 Å². The Balaban J connectivity index is 1.76. The molecule has 1 aliphatic carbocycles. The summed E-state index contributed by atoms with van der Waals surface area (Å²) in [6, 6.07) is 11.6. The summed E-state index contributed by atoms with van der Waals surface area (Å²) in [5, 5.41) is 2.12. The summed E-state index contributed by atoms with van der Waals surface area (Å²) in [4.78, 5) is 12.2. The van der Waals surface area contributed by atoms with Crippen LogP contribution in [0.15, 0.2) is 36.4 Å². The molecule has 3 nitrogen and oxygen atoms in total. The molecule has 0 saturated heterocycles. The first-order valence-electron chi connectivity index (χ1n) is 7.56. The molecule has 0 heterocycles. The Bertz CT molecular complexity index is 642. The minimum atomic E-state index is -0.0810. The fourth-order valence-electron chi connectivity index (χ4n) is 2.93. The third-order valence-electron chi connectivity index (χ3n) is 4.18. The molecule has 0 amide bonds. The number of esters is 1. The van der Waals surface area contributed by atoms with Crippen molar-refractivity contribution in [3.8, 4) is 11.5 Å². The quantitative estimate of drug-likeness (QED) is 0.621. The van der Waals surface area contributed by atoms with Crippen LogP contribution < -0.4 is 9.47 Å². The third-order valence-corrected chi connectivity index (χ3v) is 4.18. The lowest BCUT2D eigenvalue weighted by atomic mass is 9.89. The molecule has 0 bridgehead atoms. The summed E-state index contributed by atoms with van der Waals surface area (Å²) in [5.74, 6) is 1.45. The molecule has 3 heteroatoms. The summed E-state index contributed by atoms with van der Waals surface area (Å²) in [7, 11) is 1.65. The Morgan fingerprint density at radius 3 is 2.24 bits per heavy atom. The normalized spacial score (nSPS) is 15.9. The topological polar surface area (TPSA) is 35.5 Å². The first-order valence-corrected chi connectivity index (χ1v) is 7.56. The van der Waals surface area contributed by atoms with Crippen LogP contribution >= 0.6 is 0 Å². The molecular formula is C18H20O3. The van der Waals surface area contributed by atoms with Gasteiger partial charge in [-0.1, -0.05) is 31.4 Å². The van der Waals surface area contributed by atoms with Crippen molar-refractivity contribution >= 4 is 16.7 Å². The van der Waals surface area contributed by atoms with Gasteiger partial charge in [-0.25, -0.2) is 0 Å². The second-order valence-corrected chi connectivity index (χ2v) is 5.63. The number of fused-ring (bicyclic) bond motifs is 1. The van der Waals surface area contributed by atoms with Crippen molar-refractivity contribution in [1.82, 2.24) is 0 Å². The van der Waals surface area contributed by atoms with Gasteiger partial charge in [0.05, 0.1) is 13.0 Å². The highest BCUT2D eigenvalue weighted by Crippen LogP contribution is 2.28. The Kier molecular flexibility index (Phi) is 4.09. The molecule has 0 N–H and O–H groups in total. The van der Waals surface area contributed by atoms with Gasteiger partial charge in [0.2, 0.25) is 0 Å². The second kappa shape index (κ2) is 6.17. The van der Waals surface area contributed by atoms with E-state index < -0.39 is 0 Å². The molecule has 1 saturated carbocycles. The summed E-state index contributed by atoms with van der Waals surface area (Å²) < 4.78 is 10.8. The Labute approximate surface area is 124 Å². The molecule has 0 unspecified atom stereocenters. The van der Waals surface area contributed by atoms with Crippen molar-refractivity contribution in [3.05, 3.63) is 36.4 Å². The van der Waals surface area contributed by atoms with Crippen LogP contribution in [0, 0.1) is 5.92 Å². The predicted molar refractivity (Wildman–Crippen MR) is 82.7 cm³/mol. The van der Waals surface area contributed by atoms with Gasteiger partial charge >= 0.3 is 5.97 Å². The van der Waals surface area contributed by atoms with Gasteiger partial charge in [0, 0.05) is 0 Å². The highest BCUT2D eigenvalue weighted by molar-refractivity contribution is 5.86. The monoisotopic (exact) mass is 284 g/mol. The van der Waals surface area contributed by atoms with Crippen LogP contribution in [0.5, 0.6) is 11.5 Å². The standard InChI is InChI=1S/C18H20O3/c1-20-16-9-7-15-12-17(10-8-14(15)11-16)21-18(19)13-5-3-2-4-6-13/h7-13H,2-6H2,1H3. The van der Waals surface area contributed by atoms with Crippen LogP contribution in [0.25, 0.3) is 10.8 Å². The number of benzene rings is 2. The van der Waals surface area contributed by atoms with Gasteiger partial charge in [-0.2, -0.15) is 0 Å². The van der Waals surface area contributed by atoms with Crippen LogP contribution in [0.3, 0.4) is 0 Å². The Morgan fingerprint density at radius 2 is 1.57 bits per heavy atom. The van der Waals surface area contributed by atoms with E-state index in [4.69, 9.17) is 9.47 Å². The third kappa shape index (κ3) is 3.18.